The Morgan fingerprint density at radius 1 is 1.17 bits per heavy atom. The molecule has 1 N–H and O–H groups in total. The first-order valence-electron chi connectivity index (χ1n) is 7.85. The smallest absolute Gasteiger partial charge is 0.0469 e. The van der Waals surface area contributed by atoms with Gasteiger partial charge in [-0.2, -0.15) is 0 Å². The molecule has 0 spiro atoms. The first-order valence-corrected chi connectivity index (χ1v) is 7.85. The number of ether oxygens (including phenoxy) is 1. The number of nitrogens with one attached hydrogen (secondary N) is 1. The number of likely N-dealkylation sites (tertiary alicyclic amines) is 1. The van der Waals surface area contributed by atoms with Gasteiger partial charge in [0.15, 0.2) is 0 Å². The Hall–Kier alpha value is -0.120. The van der Waals surface area contributed by atoms with E-state index in [9.17, 15) is 0 Å². The summed E-state index contributed by atoms with van der Waals surface area (Å²) < 4.78 is 5.45. The van der Waals surface area contributed by atoms with Crippen LogP contribution in [-0.2, 0) is 4.74 Å². The highest BCUT2D eigenvalue weighted by molar-refractivity contribution is 4.82. The summed E-state index contributed by atoms with van der Waals surface area (Å²) >= 11 is 0. The van der Waals surface area contributed by atoms with Crippen LogP contribution in [0.15, 0.2) is 0 Å². The van der Waals surface area contributed by atoms with E-state index in [1.54, 1.807) is 0 Å². The van der Waals surface area contributed by atoms with Gasteiger partial charge in [-0.1, -0.05) is 6.92 Å². The Morgan fingerprint density at radius 3 is 2.44 bits per heavy atom. The molecule has 0 aromatic rings. The second-order valence-corrected chi connectivity index (χ2v) is 6.02. The van der Waals surface area contributed by atoms with Crippen molar-refractivity contribution in [2.75, 3.05) is 32.8 Å². The quantitative estimate of drug-likeness (QED) is 0.814. The molecule has 0 aromatic heterocycles. The molecule has 2 aliphatic rings. The number of piperidine rings is 1. The number of nitrogens with zero attached hydrogens (tertiary/aromatic N) is 1. The van der Waals surface area contributed by atoms with Crippen LogP contribution >= 0.6 is 0 Å². The molecule has 1 atom stereocenters. The van der Waals surface area contributed by atoms with Gasteiger partial charge in [0.05, 0.1) is 0 Å². The van der Waals surface area contributed by atoms with Gasteiger partial charge in [-0.05, 0) is 64.6 Å². The van der Waals surface area contributed by atoms with E-state index in [0.29, 0.717) is 6.04 Å². The molecule has 2 heterocycles. The second kappa shape index (κ2) is 7.46. The van der Waals surface area contributed by atoms with E-state index >= 15 is 0 Å². The standard InChI is InChI=1S/C15H30N2O/c1-3-8-17-9-4-15(5-10-17)16-13(2)14-6-11-18-12-7-14/h13-16H,3-12H2,1-2H3. The van der Waals surface area contributed by atoms with Crippen LogP contribution in [0.3, 0.4) is 0 Å². The van der Waals surface area contributed by atoms with Gasteiger partial charge in [0.2, 0.25) is 0 Å². The zero-order valence-corrected chi connectivity index (χ0v) is 12.2. The van der Waals surface area contributed by atoms with E-state index in [0.717, 1.165) is 25.2 Å². The van der Waals surface area contributed by atoms with Crippen LogP contribution in [0.2, 0.25) is 0 Å². The minimum absolute atomic E-state index is 0.664. The predicted octanol–water partition coefficient (Wildman–Crippen LogP) is 2.27. The summed E-state index contributed by atoms with van der Waals surface area (Å²) in [5.41, 5.74) is 0. The Balaban J connectivity index is 1.67. The van der Waals surface area contributed by atoms with E-state index in [1.807, 2.05) is 0 Å². The summed E-state index contributed by atoms with van der Waals surface area (Å²) in [5.74, 6) is 0.826. The first kappa shape index (κ1) is 14.3. The van der Waals surface area contributed by atoms with E-state index in [1.165, 1.54) is 51.7 Å². The zero-order valence-electron chi connectivity index (χ0n) is 12.2. The highest BCUT2D eigenvalue weighted by Gasteiger charge is 2.24. The number of hydrogen-bond acceptors (Lipinski definition) is 3. The molecule has 18 heavy (non-hydrogen) atoms. The van der Waals surface area contributed by atoms with Crippen molar-refractivity contribution in [3.63, 3.8) is 0 Å². The van der Waals surface area contributed by atoms with Crippen molar-refractivity contribution in [3.8, 4) is 0 Å². The van der Waals surface area contributed by atoms with Gasteiger partial charge in [0.1, 0.15) is 0 Å². The van der Waals surface area contributed by atoms with Crippen molar-refractivity contribution >= 4 is 0 Å². The summed E-state index contributed by atoms with van der Waals surface area (Å²) in [6, 6.07) is 1.41. The van der Waals surface area contributed by atoms with Crippen LogP contribution in [0.25, 0.3) is 0 Å². The SMILES string of the molecule is CCCN1CCC(NC(C)C2CCOCC2)CC1. The van der Waals surface area contributed by atoms with E-state index in [4.69, 9.17) is 4.74 Å². The van der Waals surface area contributed by atoms with Crippen molar-refractivity contribution in [1.29, 1.82) is 0 Å². The lowest BCUT2D eigenvalue weighted by molar-refractivity contribution is 0.0525. The number of hydrogen-bond donors (Lipinski definition) is 1. The second-order valence-electron chi connectivity index (χ2n) is 6.02. The van der Waals surface area contributed by atoms with Crippen LogP contribution in [-0.4, -0.2) is 49.8 Å². The molecule has 3 nitrogen and oxygen atoms in total. The lowest BCUT2D eigenvalue weighted by atomic mass is 9.91. The Morgan fingerprint density at radius 2 is 1.83 bits per heavy atom. The maximum atomic E-state index is 5.45. The molecule has 106 valence electrons. The fourth-order valence-electron chi connectivity index (χ4n) is 3.36. The molecule has 0 amide bonds. The van der Waals surface area contributed by atoms with Crippen molar-refractivity contribution in [2.24, 2.45) is 5.92 Å². The van der Waals surface area contributed by atoms with Gasteiger partial charge in [-0.3, -0.25) is 0 Å². The van der Waals surface area contributed by atoms with E-state index < -0.39 is 0 Å². The van der Waals surface area contributed by atoms with Gasteiger partial charge in [0, 0.05) is 25.3 Å². The van der Waals surface area contributed by atoms with Crippen LogP contribution < -0.4 is 5.32 Å². The Bertz CT molecular complexity index is 221. The summed E-state index contributed by atoms with van der Waals surface area (Å²) in [6.45, 7) is 10.4. The van der Waals surface area contributed by atoms with Gasteiger partial charge >= 0.3 is 0 Å². The molecule has 0 radical (unpaired) electrons. The van der Waals surface area contributed by atoms with Crippen LogP contribution in [0, 0.1) is 5.92 Å². The molecule has 3 heteroatoms. The third-order valence-corrected chi connectivity index (χ3v) is 4.60. The van der Waals surface area contributed by atoms with Crippen LogP contribution in [0.1, 0.15) is 46.0 Å². The highest BCUT2D eigenvalue weighted by atomic mass is 16.5. The molecule has 0 aromatic carbocycles. The molecule has 2 saturated heterocycles. The summed E-state index contributed by atoms with van der Waals surface area (Å²) in [7, 11) is 0. The number of rotatable bonds is 5. The molecule has 0 bridgehead atoms. The summed E-state index contributed by atoms with van der Waals surface area (Å²) in [6.07, 6.45) is 6.42. The van der Waals surface area contributed by atoms with Crippen molar-refractivity contribution in [1.82, 2.24) is 10.2 Å². The molecule has 2 aliphatic heterocycles. The lowest BCUT2D eigenvalue weighted by Gasteiger charge is -2.36. The minimum Gasteiger partial charge on any atom is -0.381 e. The van der Waals surface area contributed by atoms with Crippen LogP contribution in [0.5, 0.6) is 0 Å². The first-order chi connectivity index (χ1) is 8.79. The third kappa shape index (κ3) is 4.22. The average Bonchev–Trinajstić information content (AvgIpc) is 2.42. The van der Waals surface area contributed by atoms with Gasteiger partial charge in [-0.25, -0.2) is 0 Å². The summed E-state index contributed by atoms with van der Waals surface area (Å²) in [5, 5.41) is 3.87. The zero-order chi connectivity index (χ0) is 12.8. The largest absolute Gasteiger partial charge is 0.381 e. The van der Waals surface area contributed by atoms with Crippen molar-refractivity contribution in [3.05, 3.63) is 0 Å². The molecular weight excluding hydrogens is 224 g/mol. The fourth-order valence-corrected chi connectivity index (χ4v) is 3.36. The Labute approximate surface area is 112 Å². The van der Waals surface area contributed by atoms with E-state index in [2.05, 4.69) is 24.1 Å². The molecule has 0 aliphatic carbocycles. The van der Waals surface area contributed by atoms with Crippen molar-refractivity contribution < 1.29 is 4.74 Å². The maximum absolute atomic E-state index is 5.45. The van der Waals surface area contributed by atoms with E-state index in [-0.39, 0.29) is 0 Å². The van der Waals surface area contributed by atoms with Gasteiger partial charge in [0.25, 0.3) is 0 Å². The molecule has 1 unspecified atom stereocenters. The normalized spacial score (nSPS) is 26.3. The van der Waals surface area contributed by atoms with Crippen molar-refractivity contribution in [2.45, 2.75) is 58.0 Å². The fraction of sp³-hybridized carbons (Fsp3) is 1.00. The molecular formula is C15H30N2O. The maximum Gasteiger partial charge on any atom is 0.0469 e. The Kier molecular flexibility index (Phi) is 5.93. The van der Waals surface area contributed by atoms with Gasteiger partial charge < -0.3 is 15.0 Å². The predicted molar refractivity (Wildman–Crippen MR) is 75.9 cm³/mol. The van der Waals surface area contributed by atoms with Crippen LogP contribution in [0.4, 0.5) is 0 Å². The monoisotopic (exact) mass is 254 g/mol. The highest BCUT2D eigenvalue weighted by Crippen LogP contribution is 2.20. The molecule has 2 fully saturated rings. The lowest BCUT2D eigenvalue weighted by Crippen LogP contribution is -2.48. The third-order valence-electron chi connectivity index (χ3n) is 4.60. The summed E-state index contributed by atoms with van der Waals surface area (Å²) in [4.78, 5) is 2.61. The topological polar surface area (TPSA) is 24.5 Å². The van der Waals surface area contributed by atoms with Gasteiger partial charge in [-0.15, -0.1) is 0 Å². The minimum atomic E-state index is 0.664. The molecule has 2 rings (SSSR count). The average molecular weight is 254 g/mol. The molecule has 0 saturated carbocycles.